The Labute approximate surface area is 114 Å². The first kappa shape index (κ1) is 13.9. The van der Waals surface area contributed by atoms with Gasteiger partial charge in [-0.3, -0.25) is 4.79 Å². The standard InChI is InChI=1S/C15H21NO3/c1-15(2,14(17)18-3)10-16-9-11-4-5-13-12(8-11)6-7-19-13/h4-5,8,16H,6-7,9-10H2,1-3H3. The van der Waals surface area contributed by atoms with Gasteiger partial charge in [0, 0.05) is 19.5 Å². The molecule has 0 unspecified atom stereocenters. The van der Waals surface area contributed by atoms with Crippen LogP contribution >= 0.6 is 0 Å². The fourth-order valence-electron chi connectivity index (χ4n) is 2.22. The summed E-state index contributed by atoms with van der Waals surface area (Å²) in [6, 6.07) is 6.24. The first-order valence-electron chi connectivity index (χ1n) is 6.57. The van der Waals surface area contributed by atoms with Crippen LogP contribution in [-0.2, 0) is 22.5 Å². The van der Waals surface area contributed by atoms with E-state index in [1.54, 1.807) is 0 Å². The maximum absolute atomic E-state index is 11.6. The van der Waals surface area contributed by atoms with Gasteiger partial charge in [-0.15, -0.1) is 0 Å². The molecule has 4 heteroatoms. The Balaban J connectivity index is 1.88. The van der Waals surface area contributed by atoms with Crippen LogP contribution in [0.4, 0.5) is 0 Å². The van der Waals surface area contributed by atoms with E-state index in [2.05, 4.69) is 17.4 Å². The van der Waals surface area contributed by atoms with Gasteiger partial charge in [0.05, 0.1) is 19.1 Å². The predicted molar refractivity (Wildman–Crippen MR) is 73.1 cm³/mol. The highest BCUT2D eigenvalue weighted by Crippen LogP contribution is 2.25. The summed E-state index contributed by atoms with van der Waals surface area (Å²) in [7, 11) is 1.42. The number of hydrogen-bond donors (Lipinski definition) is 1. The third-order valence-corrected chi connectivity index (χ3v) is 3.39. The minimum absolute atomic E-state index is 0.192. The molecule has 1 aliphatic heterocycles. The lowest BCUT2D eigenvalue weighted by atomic mass is 9.93. The van der Waals surface area contributed by atoms with E-state index in [4.69, 9.17) is 9.47 Å². The molecule has 1 N–H and O–H groups in total. The fraction of sp³-hybridized carbons (Fsp3) is 0.533. The molecule has 0 fully saturated rings. The topological polar surface area (TPSA) is 47.6 Å². The van der Waals surface area contributed by atoms with E-state index in [0.29, 0.717) is 6.54 Å². The fourth-order valence-corrected chi connectivity index (χ4v) is 2.22. The van der Waals surface area contributed by atoms with Crippen LogP contribution in [0.15, 0.2) is 18.2 Å². The highest BCUT2D eigenvalue weighted by Gasteiger charge is 2.28. The summed E-state index contributed by atoms with van der Waals surface area (Å²) < 4.78 is 10.3. The number of rotatable bonds is 5. The number of benzene rings is 1. The highest BCUT2D eigenvalue weighted by molar-refractivity contribution is 5.76. The van der Waals surface area contributed by atoms with Crippen LogP contribution in [0.25, 0.3) is 0 Å². The molecule has 0 saturated heterocycles. The number of carbonyl (C=O) groups excluding carboxylic acids is 1. The summed E-state index contributed by atoms with van der Waals surface area (Å²) in [5, 5.41) is 3.31. The van der Waals surface area contributed by atoms with Crippen molar-refractivity contribution >= 4 is 5.97 Å². The normalized spacial score (nSPS) is 13.8. The lowest BCUT2D eigenvalue weighted by molar-refractivity contribution is -0.150. The molecule has 4 nitrogen and oxygen atoms in total. The van der Waals surface area contributed by atoms with Gasteiger partial charge in [0.25, 0.3) is 0 Å². The van der Waals surface area contributed by atoms with Crippen LogP contribution in [0.2, 0.25) is 0 Å². The molecule has 1 aromatic carbocycles. The minimum atomic E-state index is -0.505. The first-order valence-corrected chi connectivity index (χ1v) is 6.57. The molecule has 1 aliphatic rings. The second-order valence-corrected chi connectivity index (χ2v) is 5.52. The molecule has 0 amide bonds. The van der Waals surface area contributed by atoms with Crippen molar-refractivity contribution in [1.29, 1.82) is 0 Å². The number of esters is 1. The average molecular weight is 263 g/mol. The maximum atomic E-state index is 11.6. The van der Waals surface area contributed by atoms with E-state index >= 15 is 0 Å². The zero-order valence-electron chi connectivity index (χ0n) is 11.8. The van der Waals surface area contributed by atoms with Gasteiger partial charge < -0.3 is 14.8 Å². The smallest absolute Gasteiger partial charge is 0.312 e. The van der Waals surface area contributed by atoms with Gasteiger partial charge in [0.15, 0.2) is 0 Å². The number of hydrogen-bond acceptors (Lipinski definition) is 4. The molecule has 104 valence electrons. The average Bonchev–Trinajstić information content (AvgIpc) is 2.84. The largest absolute Gasteiger partial charge is 0.493 e. The van der Waals surface area contributed by atoms with Gasteiger partial charge in [-0.1, -0.05) is 12.1 Å². The number of ether oxygens (including phenoxy) is 2. The van der Waals surface area contributed by atoms with E-state index in [9.17, 15) is 4.79 Å². The third kappa shape index (κ3) is 3.26. The number of methoxy groups -OCH3 is 1. The van der Waals surface area contributed by atoms with Crippen molar-refractivity contribution < 1.29 is 14.3 Å². The van der Waals surface area contributed by atoms with Crippen molar-refractivity contribution in [3.05, 3.63) is 29.3 Å². The molecule has 0 radical (unpaired) electrons. The zero-order chi connectivity index (χ0) is 13.9. The monoisotopic (exact) mass is 263 g/mol. The Kier molecular flexibility index (Phi) is 4.10. The Morgan fingerprint density at radius 1 is 1.47 bits per heavy atom. The number of fused-ring (bicyclic) bond motifs is 1. The predicted octanol–water partition coefficient (Wildman–Crippen LogP) is 1.91. The van der Waals surface area contributed by atoms with Gasteiger partial charge in [0.1, 0.15) is 5.75 Å². The lowest BCUT2D eigenvalue weighted by Gasteiger charge is -2.21. The molecule has 2 rings (SSSR count). The van der Waals surface area contributed by atoms with E-state index in [-0.39, 0.29) is 5.97 Å². The van der Waals surface area contributed by atoms with Crippen LogP contribution in [0, 0.1) is 5.41 Å². The van der Waals surface area contributed by atoms with Crippen LogP contribution in [0.5, 0.6) is 5.75 Å². The molecule has 1 heterocycles. The zero-order valence-corrected chi connectivity index (χ0v) is 11.8. The molecule has 0 aromatic heterocycles. The van der Waals surface area contributed by atoms with Crippen molar-refractivity contribution in [3.8, 4) is 5.75 Å². The van der Waals surface area contributed by atoms with E-state index in [0.717, 1.165) is 25.3 Å². The molecular formula is C15H21NO3. The van der Waals surface area contributed by atoms with Crippen molar-refractivity contribution in [2.24, 2.45) is 5.41 Å². The van der Waals surface area contributed by atoms with Crippen molar-refractivity contribution in [2.45, 2.75) is 26.8 Å². The lowest BCUT2D eigenvalue weighted by Crippen LogP contribution is -2.36. The molecule has 0 spiro atoms. The molecule has 1 aromatic rings. The second-order valence-electron chi connectivity index (χ2n) is 5.52. The Bertz CT molecular complexity index is 468. The third-order valence-electron chi connectivity index (χ3n) is 3.39. The molecular weight excluding hydrogens is 242 g/mol. The number of nitrogens with one attached hydrogen (secondary N) is 1. The van der Waals surface area contributed by atoms with E-state index in [1.807, 2.05) is 19.9 Å². The van der Waals surface area contributed by atoms with E-state index in [1.165, 1.54) is 18.2 Å². The van der Waals surface area contributed by atoms with E-state index < -0.39 is 5.41 Å². The SMILES string of the molecule is COC(=O)C(C)(C)CNCc1ccc2c(c1)CCO2. The number of carbonyl (C=O) groups is 1. The van der Waals surface area contributed by atoms with Crippen LogP contribution in [0.3, 0.4) is 0 Å². The summed E-state index contributed by atoms with van der Waals surface area (Å²) in [6.07, 6.45) is 0.983. The Morgan fingerprint density at radius 3 is 3.00 bits per heavy atom. The maximum Gasteiger partial charge on any atom is 0.312 e. The van der Waals surface area contributed by atoms with Crippen LogP contribution in [-0.4, -0.2) is 26.2 Å². The molecule has 0 saturated carbocycles. The van der Waals surface area contributed by atoms with Gasteiger partial charge in [-0.05, 0) is 31.0 Å². The van der Waals surface area contributed by atoms with Crippen LogP contribution in [0.1, 0.15) is 25.0 Å². The van der Waals surface area contributed by atoms with Gasteiger partial charge in [-0.2, -0.15) is 0 Å². The summed E-state index contributed by atoms with van der Waals surface area (Å²) in [5.74, 6) is 0.806. The Hall–Kier alpha value is -1.55. The summed E-state index contributed by atoms with van der Waals surface area (Å²) in [4.78, 5) is 11.6. The van der Waals surface area contributed by atoms with Crippen LogP contribution < -0.4 is 10.1 Å². The van der Waals surface area contributed by atoms with Crippen molar-refractivity contribution in [2.75, 3.05) is 20.3 Å². The molecule has 0 atom stereocenters. The summed E-state index contributed by atoms with van der Waals surface area (Å²) >= 11 is 0. The van der Waals surface area contributed by atoms with Crippen molar-refractivity contribution in [3.63, 3.8) is 0 Å². The van der Waals surface area contributed by atoms with Crippen molar-refractivity contribution in [1.82, 2.24) is 5.32 Å². The van der Waals surface area contributed by atoms with Gasteiger partial charge >= 0.3 is 5.97 Å². The summed E-state index contributed by atoms with van der Waals surface area (Å²) in [6.45, 7) is 5.87. The van der Waals surface area contributed by atoms with Gasteiger partial charge in [-0.25, -0.2) is 0 Å². The highest BCUT2D eigenvalue weighted by atomic mass is 16.5. The summed E-state index contributed by atoms with van der Waals surface area (Å²) in [5.41, 5.74) is 1.98. The quantitative estimate of drug-likeness (QED) is 0.824. The molecule has 0 bridgehead atoms. The first-order chi connectivity index (χ1) is 9.03. The van der Waals surface area contributed by atoms with Gasteiger partial charge in [0.2, 0.25) is 0 Å². The minimum Gasteiger partial charge on any atom is -0.493 e. The second kappa shape index (κ2) is 5.61. The molecule has 0 aliphatic carbocycles. The molecule has 19 heavy (non-hydrogen) atoms. The Morgan fingerprint density at radius 2 is 2.26 bits per heavy atom.